The van der Waals surface area contributed by atoms with Crippen LogP contribution in [0.25, 0.3) is 34.4 Å². The summed E-state index contributed by atoms with van der Waals surface area (Å²) in [6, 6.07) is 24.0. The van der Waals surface area contributed by atoms with Crippen LogP contribution >= 0.6 is 0 Å². The van der Waals surface area contributed by atoms with Crippen molar-refractivity contribution in [2.45, 2.75) is 141 Å². The molecule has 4 heterocycles. The third-order valence-corrected chi connectivity index (χ3v) is 15.5. The van der Waals surface area contributed by atoms with Crippen molar-refractivity contribution in [3.05, 3.63) is 176 Å². The molecule has 6 aromatic rings. The summed E-state index contributed by atoms with van der Waals surface area (Å²) in [6.07, 6.45) is 9.96. The Balaban J connectivity index is 0.000000254. The van der Waals surface area contributed by atoms with Crippen molar-refractivity contribution in [3.63, 3.8) is 0 Å². The first-order chi connectivity index (χ1) is 41.3. The number of nitrogens with zero attached hydrogens (tertiary/aromatic N) is 2. The maximum Gasteiger partial charge on any atom is 1.00 e. The van der Waals surface area contributed by atoms with E-state index in [0.717, 1.165) is 116 Å². The Morgan fingerprint density at radius 1 is 0.682 bits per heavy atom. The number of ether oxygens (including phenoxy) is 2. The van der Waals surface area contributed by atoms with Crippen molar-refractivity contribution in [1.82, 2.24) is 20.6 Å². The van der Waals surface area contributed by atoms with Crippen LogP contribution in [0.1, 0.15) is 145 Å². The number of amides is 4. The normalized spacial score (nSPS) is 16.4. The first-order valence-electron chi connectivity index (χ1n) is 29.5. The number of nitrogens with one attached hydrogen (secondary N) is 4. The Morgan fingerprint density at radius 2 is 1.15 bits per heavy atom. The van der Waals surface area contributed by atoms with Crippen LogP contribution in [0.4, 0.5) is 29.7 Å². The molecule has 88 heavy (non-hydrogen) atoms. The average molecular weight is 1220 g/mol. The number of carbonyl (C=O) groups is 4. The van der Waals surface area contributed by atoms with E-state index in [4.69, 9.17) is 24.5 Å². The maximum atomic E-state index is 14.0. The van der Waals surface area contributed by atoms with Gasteiger partial charge in [-0.05, 0) is 161 Å². The van der Waals surface area contributed by atoms with Crippen molar-refractivity contribution in [2.24, 2.45) is 0 Å². The van der Waals surface area contributed by atoms with E-state index in [1.165, 1.54) is 42.7 Å². The number of urea groups is 2. The molecule has 2 fully saturated rings. The second kappa shape index (κ2) is 32.9. The van der Waals surface area contributed by atoms with Crippen LogP contribution < -0.4 is 50.8 Å². The predicted octanol–water partition coefficient (Wildman–Crippen LogP) is 8.21. The molecule has 4 aromatic carbocycles. The number of carboxylic acid groups (broad SMARTS) is 1. The number of aromatic nitrogens is 2. The molecule has 2 aliphatic carbocycles. The SMILES string of the molecule is C1CCOC1.CNC(=O)Nc1ccc2c(c1)Cc1c(nc(C(C)C)c(/C=C/[C@@H](O)C[C@@H](O)CC(=O)O)c1-c1ccc(F)cc1)CC2.CNC(=O)Nc1ccc2c(c1)Cc1c(nc(C(C)C)c(/C=C/[C@@H]3C[C@@H](O)CC(=O)O3)c1-c1ccc(F)cc1)CC2.[Na+].[OH-]. The molecule has 2 aliphatic heterocycles. The molecule has 2 aromatic heterocycles. The van der Waals surface area contributed by atoms with Gasteiger partial charge in [-0.1, -0.05) is 82.3 Å². The number of hydrogen-bond donors (Lipinski definition) is 8. The molecule has 0 spiro atoms. The van der Waals surface area contributed by atoms with Gasteiger partial charge in [0.1, 0.15) is 17.7 Å². The van der Waals surface area contributed by atoms with Crippen molar-refractivity contribution in [1.29, 1.82) is 0 Å². The van der Waals surface area contributed by atoms with Gasteiger partial charge in [-0.3, -0.25) is 19.6 Å². The van der Waals surface area contributed by atoms with E-state index in [1.807, 2.05) is 56.3 Å². The van der Waals surface area contributed by atoms with Gasteiger partial charge >= 0.3 is 53.6 Å². The van der Waals surface area contributed by atoms with Gasteiger partial charge in [0, 0.05) is 86.9 Å². The van der Waals surface area contributed by atoms with Crippen LogP contribution in [0.15, 0.2) is 97.1 Å². The fourth-order valence-electron chi connectivity index (χ4n) is 11.3. The zero-order valence-electron chi connectivity index (χ0n) is 51.1. The molecule has 4 amide bonds. The second-order valence-electron chi connectivity index (χ2n) is 22.7. The van der Waals surface area contributed by atoms with E-state index in [-0.39, 0.29) is 83.4 Å². The van der Waals surface area contributed by atoms with Crippen molar-refractivity contribution in [3.8, 4) is 22.3 Å². The van der Waals surface area contributed by atoms with Gasteiger partial charge in [-0.25, -0.2) is 18.4 Å². The molecule has 20 heteroatoms. The molecule has 462 valence electrons. The molecule has 4 aliphatic rings. The van der Waals surface area contributed by atoms with Gasteiger partial charge in [-0.2, -0.15) is 0 Å². The summed E-state index contributed by atoms with van der Waals surface area (Å²) in [6.45, 7) is 10.3. The molecule has 4 atom stereocenters. The fourth-order valence-corrected chi connectivity index (χ4v) is 11.3. The van der Waals surface area contributed by atoms with Crippen molar-refractivity contribution in [2.75, 3.05) is 37.9 Å². The van der Waals surface area contributed by atoms with Gasteiger partial charge in [0.2, 0.25) is 0 Å². The Morgan fingerprint density at radius 3 is 1.56 bits per heavy atom. The van der Waals surface area contributed by atoms with E-state index in [9.17, 15) is 43.3 Å². The first kappa shape index (κ1) is 69.9. The minimum atomic E-state index is -1.19. The maximum absolute atomic E-state index is 14.0. The number of pyridine rings is 2. The standard InChI is InChI=1S/C32H36FN3O5.C32H34FN3O4.C4H8O.Na.H2O/c1-18(2)31-26(12-11-24(37)16-25(38)17-29(39)40)30(20-4-8-22(33)9-5-20)27-15-21-14-23(35-32(41)34-3)10-6-19(21)7-13-28(27)36-31;1-18(2)31-26(12-11-25-16-24(37)17-29(38)40-25)30(20-4-8-22(33)9-5-20)27-15-21-14-23(35-32(39)34-3)10-6-19(21)7-13-28(27)36-31;1-2-4-5-3-1;;/h4-6,8-12,14,18,24-25,37-38H,7,13,15-17H2,1-3H3,(H,39,40)(H2,34,35,41);4-6,8-12,14,18,24-25,37H,7,13,15-17H2,1-3H3,(H2,34,35,39);1-4H2;;1H2/q;;;+1;/p-1/b2*12-11+;;;/t2*24-,25-;;;/m11.../s1. The quantitative estimate of drug-likeness (QED) is 0.0378. The van der Waals surface area contributed by atoms with E-state index in [0.29, 0.717) is 37.1 Å². The number of cyclic esters (lactones) is 1. The number of benzene rings is 4. The topological polar surface area (TPSA) is 272 Å². The van der Waals surface area contributed by atoms with Gasteiger partial charge in [-0.15, -0.1) is 0 Å². The van der Waals surface area contributed by atoms with Crippen LogP contribution in [0.2, 0.25) is 0 Å². The van der Waals surface area contributed by atoms with E-state index < -0.39 is 42.8 Å². The molecule has 10 rings (SSSR count). The number of aliphatic carboxylic acids is 1. The van der Waals surface area contributed by atoms with Gasteiger partial charge in [0.25, 0.3) is 0 Å². The number of hydrogen-bond acceptors (Lipinski definition) is 12. The average Bonchev–Trinajstić information content (AvgIpc) is 1.79. The number of rotatable bonds is 14. The number of halogens is 2. The largest absolute Gasteiger partial charge is 1.00 e. The second-order valence-corrected chi connectivity index (χ2v) is 22.7. The molecule has 0 saturated carbocycles. The molecule has 2 saturated heterocycles. The van der Waals surface area contributed by atoms with Crippen LogP contribution in [0, 0.1) is 11.6 Å². The van der Waals surface area contributed by atoms with Crippen LogP contribution in [-0.2, 0) is 57.6 Å². The van der Waals surface area contributed by atoms with E-state index in [1.54, 1.807) is 50.5 Å². The number of aliphatic hydroxyl groups excluding tert-OH is 3. The van der Waals surface area contributed by atoms with Gasteiger partial charge in [0.15, 0.2) is 0 Å². The third-order valence-electron chi connectivity index (χ3n) is 15.5. The molecule has 17 nitrogen and oxygen atoms in total. The van der Waals surface area contributed by atoms with Crippen LogP contribution in [0.5, 0.6) is 0 Å². The first-order valence-corrected chi connectivity index (χ1v) is 29.5. The summed E-state index contributed by atoms with van der Waals surface area (Å²) in [5.41, 5.74) is 16.7. The number of fused-ring (bicyclic) bond motifs is 4. The van der Waals surface area contributed by atoms with Crippen molar-refractivity contribution < 1.29 is 92.9 Å². The molecular weight excluding hydrogens is 1140 g/mol. The Hall–Kier alpha value is -7.20. The Labute approximate surface area is 535 Å². The molecule has 0 bridgehead atoms. The number of aryl methyl sites for hydroxylation is 4. The van der Waals surface area contributed by atoms with Gasteiger partial charge in [0.05, 0.1) is 42.5 Å². The van der Waals surface area contributed by atoms with Crippen LogP contribution in [0.3, 0.4) is 0 Å². The minimum absolute atomic E-state index is 0. The number of esters is 1. The number of carboxylic acids is 1. The number of anilines is 2. The van der Waals surface area contributed by atoms with Crippen LogP contribution in [-0.4, -0.2) is 112 Å². The Kier molecular flexibility index (Phi) is 26.1. The summed E-state index contributed by atoms with van der Waals surface area (Å²) in [5.74, 6) is -2.11. The zero-order valence-corrected chi connectivity index (χ0v) is 53.1. The van der Waals surface area contributed by atoms with Gasteiger partial charge < -0.3 is 56.6 Å². The minimum Gasteiger partial charge on any atom is -0.870 e. The Bertz CT molecular complexity index is 3460. The van der Waals surface area contributed by atoms with E-state index >= 15 is 0 Å². The smallest absolute Gasteiger partial charge is 0.870 e. The molecule has 9 N–H and O–H groups in total. The monoisotopic (exact) mass is 1220 g/mol. The van der Waals surface area contributed by atoms with E-state index in [2.05, 4.69) is 41.2 Å². The van der Waals surface area contributed by atoms with Crippen molar-refractivity contribution >= 4 is 47.5 Å². The molecule has 0 unspecified atom stereocenters. The number of aliphatic hydroxyl groups is 3. The third kappa shape index (κ3) is 18.7. The zero-order chi connectivity index (χ0) is 61.6. The summed E-state index contributed by atoms with van der Waals surface area (Å²) in [5, 5.41) is 50.5. The summed E-state index contributed by atoms with van der Waals surface area (Å²) < 4.78 is 38.4. The molecule has 0 radical (unpaired) electrons. The summed E-state index contributed by atoms with van der Waals surface area (Å²) >= 11 is 0. The molecular formula is C68H79F2N6NaO11. The summed E-state index contributed by atoms with van der Waals surface area (Å²) in [4.78, 5) is 57.1. The fraction of sp³-hybridized carbons (Fsp3) is 0.382. The number of carbonyl (C=O) groups excluding carboxylic acids is 3. The summed E-state index contributed by atoms with van der Waals surface area (Å²) in [7, 11) is 3.13. The predicted molar refractivity (Wildman–Crippen MR) is 331 cm³/mol.